The third kappa shape index (κ3) is 1.59. The summed E-state index contributed by atoms with van der Waals surface area (Å²) in [5.41, 5.74) is 6.27. The highest BCUT2D eigenvalue weighted by molar-refractivity contribution is 7.14. The van der Waals surface area contributed by atoms with Crippen LogP contribution in [0.1, 0.15) is 0 Å². The van der Waals surface area contributed by atoms with Crippen LogP contribution in [0.4, 0.5) is 5.13 Å². The molecule has 3 rings (SSSR count). The monoisotopic (exact) mass is 249 g/mol. The number of thiophene rings is 1. The molecule has 0 amide bonds. The summed E-state index contributed by atoms with van der Waals surface area (Å²) in [6.07, 6.45) is 0. The van der Waals surface area contributed by atoms with E-state index in [1.165, 1.54) is 11.3 Å². The zero-order valence-corrected chi connectivity index (χ0v) is 9.68. The molecule has 3 N–H and O–H groups in total. The maximum absolute atomic E-state index is 5.56. The van der Waals surface area contributed by atoms with Crippen LogP contribution in [0, 0.1) is 0 Å². The molecule has 80 valence electrons. The van der Waals surface area contributed by atoms with Gasteiger partial charge in [0.2, 0.25) is 5.82 Å². The highest BCUT2D eigenvalue weighted by Gasteiger charge is 2.10. The number of nitrogens with one attached hydrogen (secondary N) is 1. The topological polar surface area (TPSA) is 80.5 Å². The Bertz CT molecular complexity index is 595. The Morgan fingerprint density at radius 1 is 1.25 bits per heavy atom. The quantitative estimate of drug-likeness (QED) is 0.730. The molecule has 0 fully saturated rings. The van der Waals surface area contributed by atoms with E-state index in [0.717, 1.165) is 10.7 Å². The van der Waals surface area contributed by atoms with Gasteiger partial charge in [-0.25, -0.2) is 9.97 Å². The van der Waals surface area contributed by atoms with Crippen LogP contribution in [0.3, 0.4) is 0 Å². The second-order valence-corrected chi connectivity index (χ2v) is 4.89. The molecule has 0 unspecified atom stereocenters. The third-order valence-corrected chi connectivity index (χ3v) is 3.54. The van der Waals surface area contributed by atoms with Crippen molar-refractivity contribution in [2.75, 3.05) is 5.73 Å². The number of nitrogens with zero attached hydrogens (tertiary/aromatic N) is 3. The predicted molar refractivity (Wildman–Crippen MR) is 65.2 cm³/mol. The van der Waals surface area contributed by atoms with Gasteiger partial charge in [-0.3, -0.25) is 5.10 Å². The molecule has 3 heterocycles. The smallest absolute Gasteiger partial charge is 0.201 e. The fraction of sp³-hybridized carbons (Fsp3) is 0. The minimum Gasteiger partial charge on any atom is -0.375 e. The SMILES string of the molecule is Nc1nc(-c2n[nH]c(-c3cccs3)n2)cs1. The van der Waals surface area contributed by atoms with Crippen LogP contribution in [0.2, 0.25) is 0 Å². The molecule has 0 aliphatic carbocycles. The summed E-state index contributed by atoms with van der Waals surface area (Å²) >= 11 is 2.99. The molecule has 16 heavy (non-hydrogen) atoms. The third-order valence-electron chi connectivity index (χ3n) is 1.99. The molecule has 0 atom stereocenters. The van der Waals surface area contributed by atoms with Crippen LogP contribution >= 0.6 is 22.7 Å². The van der Waals surface area contributed by atoms with E-state index >= 15 is 0 Å². The predicted octanol–water partition coefficient (Wildman–Crippen LogP) is 2.24. The Morgan fingerprint density at radius 3 is 2.88 bits per heavy atom. The van der Waals surface area contributed by atoms with Crippen molar-refractivity contribution in [2.24, 2.45) is 0 Å². The molecule has 7 heteroatoms. The lowest BCUT2D eigenvalue weighted by molar-refractivity contribution is 1.10. The maximum Gasteiger partial charge on any atom is 0.201 e. The number of hydrogen-bond donors (Lipinski definition) is 2. The van der Waals surface area contributed by atoms with Crippen molar-refractivity contribution in [3.05, 3.63) is 22.9 Å². The van der Waals surface area contributed by atoms with Crippen LogP contribution in [0.5, 0.6) is 0 Å². The summed E-state index contributed by atoms with van der Waals surface area (Å²) in [5, 5.41) is 11.4. The number of rotatable bonds is 2. The molecule has 0 radical (unpaired) electrons. The molecule has 0 aliphatic heterocycles. The van der Waals surface area contributed by atoms with Gasteiger partial charge in [-0.1, -0.05) is 6.07 Å². The van der Waals surface area contributed by atoms with Crippen LogP contribution < -0.4 is 5.73 Å². The van der Waals surface area contributed by atoms with Gasteiger partial charge in [-0.2, -0.15) is 5.10 Å². The number of anilines is 1. The standard InChI is InChI=1S/C9H7N5S2/c10-9-11-5(4-16-9)7-12-8(14-13-7)6-2-1-3-15-6/h1-4H,(H2,10,11)(H,12,13,14). The van der Waals surface area contributed by atoms with Crippen molar-refractivity contribution >= 4 is 27.8 Å². The molecule has 3 aromatic rings. The number of hydrogen-bond acceptors (Lipinski definition) is 6. The molecule has 3 aromatic heterocycles. The first-order valence-electron chi connectivity index (χ1n) is 4.50. The number of nitrogen functional groups attached to an aromatic ring is 1. The first kappa shape index (κ1) is 9.49. The summed E-state index contributed by atoms with van der Waals surface area (Å²) in [6.45, 7) is 0. The number of nitrogens with two attached hydrogens (primary N) is 1. The number of aromatic nitrogens is 4. The van der Waals surface area contributed by atoms with Gasteiger partial charge in [-0.05, 0) is 11.4 Å². The molecular weight excluding hydrogens is 242 g/mol. The molecule has 0 aromatic carbocycles. The summed E-state index contributed by atoms with van der Waals surface area (Å²) in [7, 11) is 0. The van der Waals surface area contributed by atoms with Gasteiger partial charge in [-0.15, -0.1) is 22.7 Å². The average Bonchev–Trinajstić information content (AvgIpc) is 2.97. The molecule has 0 saturated heterocycles. The highest BCUT2D eigenvalue weighted by atomic mass is 32.1. The minimum absolute atomic E-state index is 0.525. The van der Waals surface area contributed by atoms with Crippen molar-refractivity contribution < 1.29 is 0 Å². The van der Waals surface area contributed by atoms with E-state index in [1.807, 2.05) is 22.9 Å². The molecule has 0 aliphatic rings. The van der Waals surface area contributed by atoms with Gasteiger partial charge < -0.3 is 5.73 Å². The Labute approximate surface area is 99.0 Å². The van der Waals surface area contributed by atoms with Crippen LogP contribution in [0.25, 0.3) is 22.2 Å². The number of H-pyrrole nitrogens is 1. The lowest BCUT2D eigenvalue weighted by Gasteiger charge is -1.85. The Balaban J connectivity index is 2.00. The molecule has 5 nitrogen and oxygen atoms in total. The van der Waals surface area contributed by atoms with Gasteiger partial charge in [0.15, 0.2) is 11.0 Å². The molecular formula is C9H7N5S2. The van der Waals surface area contributed by atoms with Crippen LogP contribution in [-0.4, -0.2) is 20.2 Å². The maximum atomic E-state index is 5.56. The lowest BCUT2D eigenvalue weighted by Crippen LogP contribution is -1.84. The van der Waals surface area contributed by atoms with Crippen LogP contribution in [-0.2, 0) is 0 Å². The fourth-order valence-corrected chi connectivity index (χ4v) is 2.50. The normalized spacial score (nSPS) is 10.8. The zero-order valence-electron chi connectivity index (χ0n) is 8.04. The summed E-state index contributed by atoms with van der Waals surface area (Å²) in [4.78, 5) is 9.56. The van der Waals surface area contributed by atoms with Crippen molar-refractivity contribution in [3.63, 3.8) is 0 Å². The number of aromatic amines is 1. The number of thiazole rings is 1. The highest BCUT2D eigenvalue weighted by Crippen LogP contribution is 2.24. The first-order chi connectivity index (χ1) is 7.83. The largest absolute Gasteiger partial charge is 0.375 e. The minimum atomic E-state index is 0.525. The summed E-state index contributed by atoms with van der Waals surface area (Å²) in [6, 6.07) is 3.97. The van der Waals surface area contributed by atoms with E-state index in [1.54, 1.807) is 11.3 Å². The Kier molecular flexibility index (Phi) is 2.19. The Morgan fingerprint density at radius 2 is 2.19 bits per heavy atom. The van der Waals surface area contributed by atoms with E-state index < -0.39 is 0 Å². The van der Waals surface area contributed by atoms with Crippen LogP contribution in [0.15, 0.2) is 22.9 Å². The Hall–Kier alpha value is -1.73. The van der Waals surface area contributed by atoms with Crippen molar-refractivity contribution in [2.45, 2.75) is 0 Å². The molecule has 0 bridgehead atoms. The first-order valence-corrected chi connectivity index (χ1v) is 6.26. The van der Waals surface area contributed by atoms with E-state index in [-0.39, 0.29) is 0 Å². The average molecular weight is 249 g/mol. The van der Waals surface area contributed by atoms with Gasteiger partial charge in [0, 0.05) is 5.38 Å². The second-order valence-electron chi connectivity index (χ2n) is 3.06. The van der Waals surface area contributed by atoms with E-state index in [0.29, 0.717) is 16.6 Å². The van der Waals surface area contributed by atoms with Gasteiger partial charge >= 0.3 is 0 Å². The second kappa shape index (κ2) is 3.69. The zero-order chi connectivity index (χ0) is 11.0. The van der Waals surface area contributed by atoms with Crippen molar-refractivity contribution in [1.29, 1.82) is 0 Å². The van der Waals surface area contributed by atoms with Gasteiger partial charge in [0.25, 0.3) is 0 Å². The fourth-order valence-electron chi connectivity index (χ4n) is 1.29. The van der Waals surface area contributed by atoms with E-state index in [4.69, 9.17) is 5.73 Å². The van der Waals surface area contributed by atoms with Crippen molar-refractivity contribution in [3.8, 4) is 22.2 Å². The lowest BCUT2D eigenvalue weighted by atomic mass is 10.4. The van der Waals surface area contributed by atoms with E-state index in [2.05, 4.69) is 20.2 Å². The molecule has 0 spiro atoms. The summed E-state index contributed by atoms with van der Waals surface area (Å²) in [5.74, 6) is 1.34. The van der Waals surface area contributed by atoms with Gasteiger partial charge in [0.1, 0.15) is 5.69 Å². The van der Waals surface area contributed by atoms with Gasteiger partial charge in [0.05, 0.1) is 4.88 Å². The molecule has 0 saturated carbocycles. The van der Waals surface area contributed by atoms with Crippen molar-refractivity contribution in [1.82, 2.24) is 20.2 Å². The van der Waals surface area contributed by atoms with E-state index in [9.17, 15) is 0 Å². The summed E-state index contributed by atoms with van der Waals surface area (Å²) < 4.78 is 0.